The van der Waals surface area contributed by atoms with Crippen LogP contribution in [0.4, 0.5) is 4.39 Å². The SMILES string of the molecule is Cc1c[c-]c(-c2cccc3cccnc23)c(F)c1.[Pt]. The molecule has 0 unspecified atom stereocenters. The number of para-hydroxylation sites is 1. The number of halogens is 1. The molecule has 0 aliphatic heterocycles. The topological polar surface area (TPSA) is 12.9 Å². The molecular formula is C16H11FNPt-. The smallest absolute Gasteiger partial charge is 0.0369 e. The van der Waals surface area contributed by atoms with E-state index in [-0.39, 0.29) is 26.9 Å². The molecule has 0 aliphatic rings. The Morgan fingerprint density at radius 3 is 2.74 bits per heavy atom. The molecule has 3 rings (SSSR count). The van der Waals surface area contributed by atoms with Crippen LogP contribution >= 0.6 is 0 Å². The summed E-state index contributed by atoms with van der Waals surface area (Å²) in [4.78, 5) is 4.33. The van der Waals surface area contributed by atoms with Crippen LogP contribution in [0, 0.1) is 18.8 Å². The maximum Gasteiger partial charge on any atom is 0.0369 e. The zero-order chi connectivity index (χ0) is 12.5. The first-order chi connectivity index (χ1) is 8.75. The number of rotatable bonds is 1. The van der Waals surface area contributed by atoms with Gasteiger partial charge in [-0.05, 0) is 11.5 Å². The van der Waals surface area contributed by atoms with Gasteiger partial charge < -0.3 is 0 Å². The van der Waals surface area contributed by atoms with Gasteiger partial charge in [0.1, 0.15) is 0 Å². The van der Waals surface area contributed by atoms with Gasteiger partial charge in [-0.25, -0.2) is 0 Å². The minimum atomic E-state index is -0.256. The number of fused-ring (bicyclic) bond motifs is 1. The van der Waals surface area contributed by atoms with Crippen LogP contribution in [-0.4, -0.2) is 4.98 Å². The molecule has 98 valence electrons. The number of pyridine rings is 1. The Hall–Kier alpha value is -1.53. The third-order valence-electron chi connectivity index (χ3n) is 2.94. The summed E-state index contributed by atoms with van der Waals surface area (Å²) in [6, 6.07) is 15.9. The van der Waals surface area contributed by atoms with Crippen molar-refractivity contribution in [3.8, 4) is 11.1 Å². The Labute approximate surface area is 125 Å². The van der Waals surface area contributed by atoms with Crippen molar-refractivity contribution in [3.63, 3.8) is 0 Å². The van der Waals surface area contributed by atoms with E-state index in [4.69, 9.17) is 0 Å². The van der Waals surface area contributed by atoms with Crippen molar-refractivity contribution < 1.29 is 25.5 Å². The number of hydrogen-bond donors (Lipinski definition) is 0. The van der Waals surface area contributed by atoms with E-state index in [1.54, 1.807) is 12.3 Å². The number of hydrogen-bond acceptors (Lipinski definition) is 1. The van der Waals surface area contributed by atoms with Crippen molar-refractivity contribution in [2.45, 2.75) is 6.92 Å². The number of nitrogens with zero attached hydrogens (tertiary/aromatic N) is 1. The molecular weight excluding hydrogens is 420 g/mol. The summed E-state index contributed by atoms with van der Waals surface area (Å²) in [5.41, 5.74) is 2.93. The van der Waals surface area contributed by atoms with E-state index in [1.165, 1.54) is 6.07 Å². The van der Waals surface area contributed by atoms with Gasteiger partial charge in [-0.15, -0.1) is 29.3 Å². The molecule has 3 heteroatoms. The average Bonchev–Trinajstić information content (AvgIpc) is 2.38. The van der Waals surface area contributed by atoms with Crippen molar-refractivity contribution in [1.82, 2.24) is 4.98 Å². The first-order valence-electron chi connectivity index (χ1n) is 5.77. The molecule has 3 aromatic rings. The Bertz CT molecular complexity index is 720. The third-order valence-corrected chi connectivity index (χ3v) is 2.94. The van der Waals surface area contributed by atoms with Crippen LogP contribution in [0.5, 0.6) is 0 Å². The molecule has 0 atom stereocenters. The van der Waals surface area contributed by atoms with Gasteiger partial charge in [0.15, 0.2) is 0 Å². The van der Waals surface area contributed by atoms with E-state index in [0.717, 1.165) is 22.0 Å². The zero-order valence-corrected chi connectivity index (χ0v) is 12.5. The van der Waals surface area contributed by atoms with E-state index >= 15 is 0 Å². The molecule has 0 radical (unpaired) electrons. The fourth-order valence-electron chi connectivity index (χ4n) is 2.08. The summed E-state index contributed by atoms with van der Waals surface area (Å²) in [6.07, 6.45) is 1.72. The van der Waals surface area contributed by atoms with Crippen LogP contribution in [-0.2, 0) is 21.1 Å². The van der Waals surface area contributed by atoms with Crippen molar-refractivity contribution in [1.29, 1.82) is 0 Å². The largest absolute Gasteiger partial charge is 0.266 e. The van der Waals surface area contributed by atoms with Crippen LogP contribution in [0.3, 0.4) is 0 Å². The first-order valence-corrected chi connectivity index (χ1v) is 5.77. The van der Waals surface area contributed by atoms with Crippen molar-refractivity contribution in [3.05, 3.63) is 66.1 Å². The molecule has 0 saturated heterocycles. The van der Waals surface area contributed by atoms with E-state index < -0.39 is 0 Å². The van der Waals surface area contributed by atoms with E-state index in [9.17, 15) is 4.39 Å². The normalized spacial score (nSPS) is 10.2. The van der Waals surface area contributed by atoms with Crippen LogP contribution in [0.1, 0.15) is 5.56 Å². The van der Waals surface area contributed by atoms with Gasteiger partial charge in [0.25, 0.3) is 0 Å². The van der Waals surface area contributed by atoms with Crippen molar-refractivity contribution >= 4 is 10.9 Å². The van der Waals surface area contributed by atoms with Crippen LogP contribution in [0.25, 0.3) is 22.0 Å². The second kappa shape index (κ2) is 5.62. The Morgan fingerprint density at radius 2 is 1.95 bits per heavy atom. The minimum Gasteiger partial charge on any atom is -0.266 e. The van der Waals surface area contributed by atoms with Crippen LogP contribution < -0.4 is 0 Å². The van der Waals surface area contributed by atoms with E-state index in [1.807, 2.05) is 37.3 Å². The molecule has 0 saturated carbocycles. The maximum atomic E-state index is 14.0. The molecule has 1 aromatic heterocycles. The van der Waals surface area contributed by atoms with Gasteiger partial charge in [-0.2, -0.15) is 0 Å². The van der Waals surface area contributed by atoms with Gasteiger partial charge in [0.05, 0.1) is 0 Å². The van der Waals surface area contributed by atoms with E-state index in [2.05, 4.69) is 11.1 Å². The quantitative estimate of drug-likeness (QED) is 0.528. The summed E-state index contributed by atoms with van der Waals surface area (Å²) < 4.78 is 14.0. The molecule has 0 spiro atoms. The van der Waals surface area contributed by atoms with Crippen molar-refractivity contribution in [2.24, 2.45) is 0 Å². The molecule has 2 aromatic carbocycles. The maximum absolute atomic E-state index is 14.0. The molecule has 1 heterocycles. The fourth-order valence-corrected chi connectivity index (χ4v) is 2.08. The summed E-state index contributed by atoms with van der Waals surface area (Å²) >= 11 is 0. The standard InChI is InChI=1S/C16H11FN.Pt/c1-11-7-8-13(15(17)10-11)14-6-2-4-12-5-3-9-18-16(12)14;/h2-7,9-10H,1H3;/q-1;. The van der Waals surface area contributed by atoms with Gasteiger partial charge in [0, 0.05) is 38.6 Å². The zero-order valence-electron chi connectivity index (χ0n) is 10.3. The minimum absolute atomic E-state index is 0. The van der Waals surface area contributed by atoms with Gasteiger partial charge in [0.2, 0.25) is 0 Å². The predicted octanol–water partition coefficient (Wildman–Crippen LogP) is 4.15. The summed E-state index contributed by atoms with van der Waals surface area (Å²) in [7, 11) is 0. The molecule has 0 bridgehead atoms. The Kier molecular flexibility index (Phi) is 4.11. The first kappa shape index (κ1) is 13.9. The summed E-state index contributed by atoms with van der Waals surface area (Å²) in [5.74, 6) is -0.256. The van der Waals surface area contributed by atoms with Crippen LogP contribution in [0.2, 0.25) is 0 Å². The molecule has 0 aliphatic carbocycles. The molecule has 0 fully saturated rings. The molecule has 0 amide bonds. The van der Waals surface area contributed by atoms with Gasteiger partial charge in [-0.1, -0.05) is 36.8 Å². The predicted molar refractivity (Wildman–Crippen MR) is 70.7 cm³/mol. The van der Waals surface area contributed by atoms with Crippen molar-refractivity contribution in [2.75, 3.05) is 0 Å². The van der Waals surface area contributed by atoms with Gasteiger partial charge >= 0.3 is 0 Å². The Balaban J connectivity index is 0.00000133. The fraction of sp³-hybridized carbons (Fsp3) is 0.0625. The summed E-state index contributed by atoms with van der Waals surface area (Å²) in [6.45, 7) is 1.85. The third kappa shape index (κ3) is 2.59. The van der Waals surface area contributed by atoms with Gasteiger partial charge in [-0.3, -0.25) is 9.37 Å². The number of aryl methyl sites for hydroxylation is 1. The molecule has 0 N–H and O–H groups in total. The number of aromatic nitrogens is 1. The monoisotopic (exact) mass is 431 g/mol. The second-order valence-electron chi connectivity index (χ2n) is 4.28. The molecule has 19 heavy (non-hydrogen) atoms. The van der Waals surface area contributed by atoms with E-state index in [0.29, 0.717) is 5.56 Å². The Morgan fingerprint density at radius 1 is 1.16 bits per heavy atom. The summed E-state index contributed by atoms with van der Waals surface area (Å²) in [5, 5.41) is 1.00. The molecule has 1 nitrogen and oxygen atoms in total. The van der Waals surface area contributed by atoms with Crippen LogP contribution in [0.15, 0.2) is 48.7 Å². The number of benzene rings is 2. The second-order valence-corrected chi connectivity index (χ2v) is 4.28. The average molecular weight is 431 g/mol.